The van der Waals surface area contributed by atoms with Gasteiger partial charge >= 0.3 is 6.03 Å². The molecule has 2 amide bonds. The van der Waals surface area contributed by atoms with Crippen LogP contribution >= 0.6 is 0 Å². The monoisotopic (exact) mass is 323 g/mol. The van der Waals surface area contributed by atoms with Crippen LogP contribution < -0.4 is 10.6 Å². The summed E-state index contributed by atoms with van der Waals surface area (Å²) in [4.78, 5) is 12.0. The van der Waals surface area contributed by atoms with Crippen molar-refractivity contribution in [3.63, 3.8) is 0 Å². The number of rotatable bonds is 4. The number of hydrogen-bond acceptors (Lipinski definition) is 4. The standard InChI is InChI=1S/C16H17N7O/c24-16(17-10-15-21-20-14-7-4-8-22(14)15)19-12-9-18-23(11-12)13-5-2-1-3-6-13/h1-3,5-6,9,11H,4,7-8,10H2,(H2,17,19,24). The first kappa shape index (κ1) is 14.4. The number of carbonyl (C=O) groups is 1. The Bertz CT molecular complexity index is 852. The van der Waals surface area contributed by atoms with E-state index in [1.165, 1.54) is 0 Å². The van der Waals surface area contributed by atoms with Gasteiger partial charge in [-0.15, -0.1) is 10.2 Å². The molecule has 0 saturated carbocycles. The summed E-state index contributed by atoms with van der Waals surface area (Å²) < 4.78 is 3.77. The number of hydrogen-bond donors (Lipinski definition) is 2. The Kier molecular flexibility index (Phi) is 3.70. The molecule has 0 unspecified atom stereocenters. The van der Waals surface area contributed by atoms with Crippen LogP contribution in [0, 0.1) is 0 Å². The number of benzene rings is 1. The van der Waals surface area contributed by atoms with E-state index in [0.717, 1.165) is 36.7 Å². The molecule has 0 saturated heterocycles. The first-order chi connectivity index (χ1) is 11.8. The van der Waals surface area contributed by atoms with Crippen molar-refractivity contribution in [3.8, 4) is 5.69 Å². The number of nitrogens with one attached hydrogen (secondary N) is 2. The maximum atomic E-state index is 12.0. The highest BCUT2D eigenvalue weighted by molar-refractivity contribution is 5.88. The van der Waals surface area contributed by atoms with Gasteiger partial charge in [-0.1, -0.05) is 18.2 Å². The van der Waals surface area contributed by atoms with E-state index in [-0.39, 0.29) is 6.03 Å². The molecule has 0 spiro atoms. The van der Waals surface area contributed by atoms with E-state index < -0.39 is 0 Å². The second-order valence-electron chi connectivity index (χ2n) is 5.60. The van der Waals surface area contributed by atoms with Crippen molar-refractivity contribution in [2.45, 2.75) is 25.9 Å². The van der Waals surface area contributed by atoms with E-state index in [1.54, 1.807) is 17.1 Å². The molecule has 0 aliphatic carbocycles. The smallest absolute Gasteiger partial charge is 0.319 e. The molecule has 1 aliphatic rings. The van der Waals surface area contributed by atoms with Crippen molar-refractivity contribution in [2.75, 3.05) is 5.32 Å². The molecular formula is C16H17N7O. The second-order valence-corrected chi connectivity index (χ2v) is 5.60. The van der Waals surface area contributed by atoms with Gasteiger partial charge in [-0.2, -0.15) is 5.10 Å². The Balaban J connectivity index is 1.35. The topological polar surface area (TPSA) is 89.7 Å². The number of anilines is 1. The van der Waals surface area contributed by atoms with Gasteiger partial charge in [-0.3, -0.25) is 0 Å². The van der Waals surface area contributed by atoms with Crippen molar-refractivity contribution >= 4 is 11.7 Å². The molecule has 1 aliphatic heterocycles. The van der Waals surface area contributed by atoms with Crippen molar-refractivity contribution in [2.24, 2.45) is 0 Å². The number of aryl methyl sites for hydroxylation is 1. The number of para-hydroxylation sites is 1. The zero-order chi connectivity index (χ0) is 16.4. The highest BCUT2D eigenvalue weighted by Gasteiger charge is 2.17. The van der Waals surface area contributed by atoms with Gasteiger partial charge < -0.3 is 15.2 Å². The van der Waals surface area contributed by atoms with Crippen LogP contribution in [0.5, 0.6) is 0 Å². The Morgan fingerprint density at radius 1 is 1.21 bits per heavy atom. The predicted octanol–water partition coefficient (Wildman–Crippen LogP) is 1.73. The van der Waals surface area contributed by atoms with Crippen LogP contribution in [0.2, 0.25) is 0 Å². The van der Waals surface area contributed by atoms with Crippen LogP contribution in [0.15, 0.2) is 42.7 Å². The largest absolute Gasteiger partial charge is 0.331 e. The van der Waals surface area contributed by atoms with Gasteiger partial charge in [0, 0.05) is 13.0 Å². The summed E-state index contributed by atoms with van der Waals surface area (Å²) in [5.74, 6) is 1.79. The molecule has 0 fully saturated rings. The highest BCUT2D eigenvalue weighted by atomic mass is 16.2. The van der Waals surface area contributed by atoms with E-state index in [1.807, 2.05) is 30.3 Å². The molecule has 8 heteroatoms. The lowest BCUT2D eigenvalue weighted by Crippen LogP contribution is -2.29. The number of nitrogens with zero attached hydrogens (tertiary/aromatic N) is 5. The van der Waals surface area contributed by atoms with Crippen LogP contribution in [0.25, 0.3) is 5.69 Å². The molecule has 0 bridgehead atoms. The molecule has 3 aromatic rings. The first-order valence-corrected chi connectivity index (χ1v) is 7.85. The van der Waals surface area contributed by atoms with E-state index in [2.05, 4.69) is 30.5 Å². The Labute approximate surface area is 138 Å². The van der Waals surface area contributed by atoms with Crippen molar-refractivity contribution in [1.29, 1.82) is 0 Å². The predicted molar refractivity (Wildman–Crippen MR) is 87.8 cm³/mol. The van der Waals surface area contributed by atoms with Gasteiger partial charge in [0.2, 0.25) is 0 Å². The molecule has 24 heavy (non-hydrogen) atoms. The summed E-state index contributed by atoms with van der Waals surface area (Å²) in [7, 11) is 0. The van der Waals surface area contributed by atoms with Crippen LogP contribution in [0.3, 0.4) is 0 Å². The number of amides is 2. The van der Waals surface area contributed by atoms with Gasteiger partial charge in [0.25, 0.3) is 0 Å². The van der Waals surface area contributed by atoms with Gasteiger partial charge in [0.05, 0.1) is 30.3 Å². The lowest BCUT2D eigenvalue weighted by Gasteiger charge is -2.06. The van der Waals surface area contributed by atoms with Gasteiger partial charge in [0.15, 0.2) is 5.82 Å². The summed E-state index contributed by atoms with van der Waals surface area (Å²) in [6.07, 6.45) is 5.42. The number of aromatic nitrogens is 5. The SMILES string of the molecule is O=C(NCc1nnc2n1CCC2)Nc1cnn(-c2ccccc2)c1. The molecule has 1 aromatic carbocycles. The summed E-state index contributed by atoms with van der Waals surface area (Å²) in [5.41, 5.74) is 1.56. The first-order valence-electron chi connectivity index (χ1n) is 7.85. The van der Waals surface area contributed by atoms with Crippen LogP contribution in [0.4, 0.5) is 10.5 Å². The average molecular weight is 323 g/mol. The molecule has 2 aromatic heterocycles. The van der Waals surface area contributed by atoms with Gasteiger partial charge in [0.1, 0.15) is 5.82 Å². The van der Waals surface area contributed by atoms with Gasteiger partial charge in [-0.25, -0.2) is 9.48 Å². The van der Waals surface area contributed by atoms with Crippen LogP contribution in [0.1, 0.15) is 18.1 Å². The fourth-order valence-electron chi connectivity index (χ4n) is 2.79. The Morgan fingerprint density at radius 3 is 2.96 bits per heavy atom. The Morgan fingerprint density at radius 2 is 2.08 bits per heavy atom. The molecule has 3 heterocycles. The minimum atomic E-state index is -0.294. The maximum absolute atomic E-state index is 12.0. The summed E-state index contributed by atoms with van der Waals surface area (Å²) in [5, 5.41) is 18.1. The molecule has 0 radical (unpaired) electrons. The van der Waals surface area contributed by atoms with E-state index >= 15 is 0 Å². The molecule has 2 N–H and O–H groups in total. The van der Waals surface area contributed by atoms with Crippen LogP contribution in [-0.4, -0.2) is 30.6 Å². The number of fused-ring (bicyclic) bond motifs is 1. The number of carbonyl (C=O) groups excluding carboxylic acids is 1. The third-order valence-electron chi connectivity index (χ3n) is 3.95. The summed E-state index contributed by atoms with van der Waals surface area (Å²) in [6, 6.07) is 9.42. The molecule has 0 atom stereocenters. The lowest BCUT2D eigenvalue weighted by molar-refractivity contribution is 0.251. The minimum absolute atomic E-state index is 0.294. The van der Waals surface area contributed by atoms with E-state index in [4.69, 9.17) is 0 Å². The van der Waals surface area contributed by atoms with E-state index in [0.29, 0.717) is 12.2 Å². The molecular weight excluding hydrogens is 306 g/mol. The van der Waals surface area contributed by atoms with Gasteiger partial charge in [-0.05, 0) is 18.6 Å². The fraction of sp³-hybridized carbons (Fsp3) is 0.250. The number of urea groups is 1. The minimum Gasteiger partial charge on any atom is -0.331 e. The Hall–Kier alpha value is -3.16. The van der Waals surface area contributed by atoms with Crippen molar-refractivity contribution in [1.82, 2.24) is 29.9 Å². The summed E-state index contributed by atoms with van der Waals surface area (Å²) in [6.45, 7) is 1.27. The fourth-order valence-corrected chi connectivity index (χ4v) is 2.79. The highest BCUT2D eigenvalue weighted by Crippen LogP contribution is 2.14. The lowest BCUT2D eigenvalue weighted by atomic mass is 10.3. The zero-order valence-corrected chi connectivity index (χ0v) is 13.0. The second kappa shape index (κ2) is 6.15. The maximum Gasteiger partial charge on any atom is 0.319 e. The molecule has 4 rings (SSSR count). The average Bonchev–Trinajstić information content (AvgIpc) is 3.31. The third-order valence-corrected chi connectivity index (χ3v) is 3.95. The van der Waals surface area contributed by atoms with Crippen LogP contribution in [-0.2, 0) is 19.5 Å². The third kappa shape index (κ3) is 2.85. The van der Waals surface area contributed by atoms with Crippen molar-refractivity contribution < 1.29 is 4.79 Å². The van der Waals surface area contributed by atoms with Crippen molar-refractivity contribution in [3.05, 3.63) is 54.4 Å². The molecule has 8 nitrogen and oxygen atoms in total. The molecule has 122 valence electrons. The quantitative estimate of drug-likeness (QED) is 0.765. The zero-order valence-electron chi connectivity index (χ0n) is 13.0. The summed E-state index contributed by atoms with van der Waals surface area (Å²) >= 11 is 0. The normalized spacial score (nSPS) is 12.8. The van der Waals surface area contributed by atoms with E-state index in [9.17, 15) is 4.79 Å².